The summed E-state index contributed by atoms with van der Waals surface area (Å²) < 4.78 is 37.3. The third-order valence-corrected chi connectivity index (χ3v) is 2.59. The van der Waals surface area contributed by atoms with Crippen molar-refractivity contribution in [2.45, 2.75) is 26.1 Å². The molecule has 1 rings (SSSR count). The van der Waals surface area contributed by atoms with E-state index in [0.717, 1.165) is 12.1 Å². The summed E-state index contributed by atoms with van der Waals surface area (Å²) in [7, 11) is 0. The summed E-state index contributed by atoms with van der Waals surface area (Å²) in [5, 5.41) is 2.91. The van der Waals surface area contributed by atoms with Crippen LogP contribution in [0.3, 0.4) is 0 Å². The smallest absolute Gasteiger partial charge is 0.383 e. The second kappa shape index (κ2) is 5.40. The fraction of sp³-hybridized carbons (Fsp3) is 0.500. The van der Waals surface area contributed by atoms with Crippen molar-refractivity contribution >= 4 is 5.69 Å². The van der Waals surface area contributed by atoms with Gasteiger partial charge in [0.2, 0.25) is 0 Å². The van der Waals surface area contributed by atoms with Crippen molar-refractivity contribution in [3.63, 3.8) is 0 Å². The Labute approximate surface area is 99.0 Å². The Morgan fingerprint density at radius 2 is 1.94 bits per heavy atom. The first-order chi connectivity index (χ1) is 7.80. The highest BCUT2D eigenvalue weighted by molar-refractivity contribution is 5.46. The lowest BCUT2D eigenvalue weighted by atomic mass is 10.1. The Morgan fingerprint density at radius 3 is 2.47 bits per heavy atom. The van der Waals surface area contributed by atoms with Crippen LogP contribution in [0.25, 0.3) is 0 Å². The van der Waals surface area contributed by atoms with Gasteiger partial charge in [0.25, 0.3) is 0 Å². The third-order valence-electron chi connectivity index (χ3n) is 2.59. The molecule has 0 saturated heterocycles. The first kappa shape index (κ1) is 13.8. The van der Waals surface area contributed by atoms with Crippen molar-refractivity contribution in [1.29, 1.82) is 0 Å². The van der Waals surface area contributed by atoms with Gasteiger partial charge in [-0.25, -0.2) is 0 Å². The van der Waals surface area contributed by atoms with Crippen LogP contribution in [0.1, 0.15) is 19.4 Å². The van der Waals surface area contributed by atoms with E-state index in [1.54, 1.807) is 6.07 Å². The molecule has 0 fully saturated rings. The molecule has 96 valence electrons. The van der Waals surface area contributed by atoms with E-state index in [1.165, 1.54) is 6.07 Å². The molecule has 0 radical (unpaired) electrons. The summed E-state index contributed by atoms with van der Waals surface area (Å²) in [4.78, 5) is 0. The number of benzene rings is 1. The molecule has 0 amide bonds. The summed E-state index contributed by atoms with van der Waals surface area (Å²) in [6, 6.07) is 5.04. The van der Waals surface area contributed by atoms with Crippen molar-refractivity contribution < 1.29 is 13.2 Å². The summed E-state index contributed by atoms with van der Waals surface area (Å²) in [6.45, 7) is 4.40. The second-order valence-corrected chi connectivity index (χ2v) is 4.37. The fourth-order valence-electron chi connectivity index (χ4n) is 1.28. The zero-order chi connectivity index (χ0) is 13.1. The average Bonchev–Trinajstić information content (AvgIpc) is 2.25. The molecule has 1 aromatic carbocycles. The maximum Gasteiger partial charge on any atom is 0.416 e. The summed E-state index contributed by atoms with van der Waals surface area (Å²) in [5.41, 5.74) is 5.59. The standard InChI is InChI=1S/C12H17F3N2/c1-8(2)11(16)7-17-10-5-3-4-9(6-10)12(13,14)15/h3-6,8,11,17H,7,16H2,1-2H3. The molecule has 0 aliphatic rings. The Balaban J connectivity index is 2.67. The van der Waals surface area contributed by atoms with E-state index in [2.05, 4.69) is 5.32 Å². The molecule has 0 aromatic heterocycles. The van der Waals surface area contributed by atoms with Crippen molar-refractivity contribution in [3.05, 3.63) is 29.8 Å². The van der Waals surface area contributed by atoms with Crippen LogP contribution < -0.4 is 11.1 Å². The van der Waals surface area contributed by atoms with Gasteiger partial charge in [-0.15, -0.1) is 0 Å². The van der Waals surface area contributed by atoms with E-state index < -0.39 is 11.7 Å². The lowest BCUT2D eigenvalue weighted by molar-refractivity contribution is -0.137. The molecule has 0 spiro atoms. The largest absolute Gasteiger partial charge is 0.416 e. The minimum Gasteiger partial charge on any atom is -0.383 e. The van der Waals surface area contributed by atoms with Crippen molar-refractivity contribution in [1.82, 2.24) is 0 Å². The highest BCUT2D eigenvalue weighted by Crippen LogP contribution is 2.30. The second-order valence-electron chi connectivity index (χ2n) is 4.37. The number of hydrogen-bond donors (Lipinski definition) is 2. The Morgan fingerprint density at radius 1 is 1.29 bits per heavy atom. The molecular formula is C12H17F3N2. The molecule has 0 aliphatic carbocycles. The monoisotopic (exact) mass is 246 g/mol. The number of nitrogens with one attached hydrogen (secondary N) is 1. The summed E-state index contributed by atoms with van der Waals surface area (Å²) in [5.74, 6) is 0.285. The highest BCUT2D eigenvalue weighted by Gasteiger charge is 2.30. The molecule has 0 saturated carbocycles. The van der Waals surface area contributed by atoms with Gasteiger partial charge >= 0.3 is 6.18 Å². The summed E-state index contributed by atoms with van der Waals surface area (Å²) in [6.07, 6.45) is -4.31. The number of halogens is 3. The molecule has 17 heavy (non-hydrogen) atoms. The van der Waals surface area contributed by atoms with Crippen LogP contribution in [-0.2, 0) is 6.18 Å². The van der Waals surface area contributed by atoms with Crippen LogP contribution in [0.5, 0.6) is 0 Å². The molecule has 2 nitrogen and oxygen atoms in total. The number of hydrogen-bond acceptors (Lipinski definition) is 2. The molecule has 3 N–H and O–H groups in total. The zero-order valence-corrected chi connectivity index (χ0v) is 9.88. The van der Waals surface area contributed by atoms with Gasteiger partial charge in [0.1, 0.15) is 0 Å². The van der Waals surface area contributed by atoms with E-state index in [-0.39, 0.29) is 12.0 Å². The number of anilines is 1. The molecule has 5 heteroatoms. The number of rotatable bonds is 4. The van der Waals surface area contributed by atoms with E-state index in [0.29, 0.717) is 12.2 Å². The van der Waals surface area contributed by atoms with E-state index in [4.69, 9.17) is 5.73 Å². The molecule has 0 aliphatic heterocycles. The Kier molecular flexibility index (Phi) is 4.40. The molecule has 1 unspecified atom stereocenters. The van der Waals surface area contributed by atoms with Crippen LogP contribution in [0, 0.1) is 5.92 Å². The maximum atomic E-state index is 12.4. The van der Waals surface area contributed by atoms with Gasteiger partial charge in [0, 0.05) is 18.3 Å². The predicted molar refractivity (Wildman–Crippen MR) is 62.7 cm³/mol. The van der Waals surface area contributed by atoms with Crippen molar-refractivity contribution in [2.75, 3.05) is 11.9 Å². The lowest BCUT2D eigenvalue weighted by Crippen LogP contribution is -2.34. The zero-order valence-electron chi connectivity index (χ0n) is 9.88. The topological polar surface area (TPSA) is 38.0 Å². The predicted octanol–water partition coefficient (Wildman–Crippen LogP) is 3.10. The molecule has 1 atom stereocenters. The molecule has 1 aromatic rings. The van der Waals surface area contributed by atoms with Crippen LogP contribution in [-0.4, -0.2) is 12.6 Å². The minimum atomic E-state index is -4.31. The van der Waals surface area contributed by atoms with E-state index >= 15 is 0 Å². The molecular weight excluding hydrogens is 229 g/mol. The molecule has 0 heterocycles. The van der Waals surface area contributed by atoms with Gasteiger partial charge in [-0.05, 0) is 24.1 Å². The van der Waals surface area contributed by atoms with Crippen LogP contribution in [0.2, 0.25) is 0 Å². The van der Waals surface area contributed by atoms with Crippen LogP contribution >= 0.6 is 0 Å². The highest BCUT2D eigenvalue weighted by atomic mass is 19.4. The average molecular weight is 246 g/mol. The van der Waals surface area contributed by atoms with Gasteiger partial charge in [-0.2, -0.15) is 13.2 Å². The lowest BCUT2D eigenvalue weighted by Gasteiger charge is -2.17. The van der Waals surface area contributed by atoms with Crippen LogP contribution in [0.4, 0.5) is 18.9 Å². The number of nitrogens with two attached hydrogens (primary N) is 1. The van der Waals surface area contributed by atoms with Gasteiger partial charge < -0.3 is 11.1 Å². The first-order valence-electron chi connectivity index (χ1n) is 5.47. The maximum absolute atomic E-state index is 12.4. The Hall–Kier alpha value is -1.23. The van der Waals surface area contributed by atoms with E-state index in [1.807, 2.05) is 13.8 Å². The molecule has 0 bridgehead atoms. The first-order valence-corrected chi connectivity index (χ1v) is 5.47. The van der Waals surface area contributed by atoms with Crippen LogP contribution in [0.15, 0.2) is 24.3 Å². The summed E-state index contributed by atoms with van der Waals surface area (Å²) >= 11 is 0. The van der Waals surface area contributed by atoms with E-state index in [9.17, 15) is 13.2 Å². The van der Waals surface area contributed by atoms with Gasteiger partial charge in [0.15, 0.2) is 0 Å². The SMILES string of the molecule is CC(C)C(N)CNc1cccc(C(F)(F)F)c1. The van der Waals surface area contributed by atoms with Crippen molar-refractivity contribution in [2.24, 2.45) is 11.7 Å². The van der Waals surface area contributed by atoms with Crippen molar-refractivity contribution in [3.8, 4) is 0 Å². The fourth-order valence-corrected chi connectivity index (χ4v) is 1.28. The normalized spacial score (nSPS) is 13.8. The van der Waals surface area contributed by atoms with Gasteiger partial charge in [-0.1, -0.05) is 19.9 Å². The quantitative estimate of drug-likeness (QED) is 0.856. The third kappa shape index (κ3) is 4.26. The van der Waals surface area contributed by atoms with Gasteiger partial charge in [-0.3, -0.25) is 0 Å². The minimum absolute atomic E-state index is 0.0791. The number of alkyl halides is 3. The Bertz CT molecular complexity index is 361. The van der Waals surface area contributed by atoms with Gasteiger partial charge in [0.05, 0.1) is 5.56 Å².